The van der Waals surface area contributed by atoms with Crippen LogP contribution in [-0.2, 0) is 13.6 Å². The zero-order chi connectivity index (χ0) is 12.3. The lowest BCUT2D eigenvalue weighted by Crippen LogP contribution is -2.04. The first kappa shape index (κ1) is 11.9. The van der Waals surface area contributed by atoms with Gasteiger partial charge in [-0.05, 0) is 23.8 Å². The Hall–Kier alpha value is -1.62. The Bertz CT molecular complexity index is 494. The van der Waals surface area contributed by atoms with Crippen LogP contribution in [0.1, 0.15) is 23.7 Å². The highest BCUT2D eigenvalue weighted by Gasteiger charge is 2.07. The van der Waals surface area contributed by atoms with Gasteiger partial charge in [0.15, 0.2) is 5.82 Å². The van der Waals surface area contributed by atoms with Crippen molar-refractivity contribution in [1.82, 2.24) is 20.2 Å². The van der Waals surface area contributed by atoms with Crippen molar-refractivity contribution in [3.8, 4) is 0 Å². The quantitative estimate of drug-likeness (QED) is 0.846. The van der Waals surface area contributed by atoms with Crippen molar-refractivity contribution in [3.05, 3.63) is 35.7 Å². The van der Waals surface area contributed by atoms with Gasteiger partial charge in [-0.25, -0.2) is 0 Å². The summed E-state index contributed by atoms with van der Waals surface area (Å²) >= 11 is 6.11. The Labute approximate surface area is 105 Å². The van der Waals surface area contributed by atoms with Gasteiger partial charge in [0.1, 0.15) is 0 Å². The van der Waals surface area contributed by atoms with Gasteiger partial charge in [0, 0.05) is 5.69 Å². The summed E-state index contributed by atoms with van der Waals surface area (Å²) in [4.78, 5) is 1.44. The van der Waals surface area contributed by atoms with E-state index < -0.39 is 0 Å². The van der Waals surface area contributed by atoms with E-state index in [1.54, 1.807) is 7.05 Å². The molecule has 1 heterocycles. The Balaban J connectivity index is 2.08. The summed E-state index contributed by atoms with van der Waals surface area (Å²) in [6.07, 6.45) is 0. The molecule has 0 spiro atoms. The molecule has 0 fully saturated rings. The van der Waals surface area contributed by atoms with Gasteiger partial charge >= 0.3 is 0 Å². The fraction of sp³-hybridized carbons (Fsp3) is 0.364. The molecular formula is C11H14ClN5. The van der Waals surface area contributed by atoms with Gasteiger partial charge in [-0.3, -0.25) is 0 Å². The van der Waals surface area contributed by atoms with Crippen molar-refractivity contribution in [2.24, 2.45) is 7.05 Å². The van der Waals surface area contributed by atoms with E-state index in [0.29, 0.717) is 12.4 Å². The molecule has 0 saturated heterocycles. The van der Waals surface area contributed by atoms with Crippen LogP contribution in [0.5, 0.6) is 0 Å². The number of aryl methyl sites for hydroxylation is 1. The van der Waals surface area contributed by atoms with Crippen LogP contribution in [0.25, 0.3) is 0 Å². The van der Waals surface area contributed by atoms with Crippen LogP contribution in [-0.4, -0.2) is 20.2 Å². The number of nitrogens with zero attached hydrogens (tertiary/aromatic N) is 4. The smallest absolute Gasteiger partial charge is 0.193 e. The third-order valence-electron chi connectivity index (χ3n) is 2.38. The fourth-order valence-electron chi connectivity index (χ4n) is 1.57. The zero-order valence-electron chi connectivity index (χ0n) is 9.76. The van der Waals surface area contributed by atoms with E-state index in [0.717, 1.165) is 11.3 Å². The second-order valence-electron chi connectivity index (χ2n) is 3.75. The van der Waals surface area contributed by atoms with Crippen LogP contribution in [0.2, 0.25) is 0 Å². The molecular weight excluding hydrogens is 238 g/mol. The molecule has 90 valence electrons. The summed E-state index contributed by atoms with van der Waals surface area (Å²) in [5, 5.41) is 15.0. The molecule has 6 heteroatoms. The first-order valence-corrected chi connectivity index (χ1v) is 5.80. The number of rotatable bonds is 4. The lowest BCUT2D eigenvalue weighted by Gasteiger charge is -2.11. The van der Waals surface area contributed by atoms with Gasteiger partial charge in [-0.15, -0.1) is 21.8 Å². The molecule has 0 aliphatic carbocycles. The van der Waals surface area contributed by atoms with Crippen molar-refractivity contribution in [2.45, 2.75) is 18.8 Å². The number of nitrogens with one attached hydrogen (secondary N) is 1. The summed E-state index contributed by atoms with van der Waals surface area (Å²) in [6, 6.07) is 7.93. The highest BCUT2D eigenvalue weighted by molar-refractivity contribution is 6.21. The third-order valence-corrected chi connectivity index (χ3v) is 2.61. The van der Waals surface area contributed by atoms with Gasteiger partial charge in [0.2, 0.25) is 0 Å². The average molecular weight is 252 g/mol. The van der Waals surface area contributed by atoms with Gasteiger partial charge in [0.25, 0.3) is 0 Å². The molecule has 0 aliphatic rings. The maximum atomic E-state index is 6.11. The van der Waals surface area contributed by atoms with E-state index >= 15 is 0 Å². The summed E-state index contributed by atoms with van der Waals surface area (Å²) in [7, 11) is 1.74. The first-order valence-electron chi connectivity index (χ1n) is 5.36. The van der Waals surface area contributed by atoms with Crippen molar-refractivity contribution in [2.75, 3.05) is 5.32 Å². The minimum atomic E-state index is -0.0338. The highest BCUT2D eigenvalue weighted by atomic mass is 35.5. The van der Waals surface area contributed by atoms with Gasteiger partial charge in [-0.1, -0.05) is 18.2 Å². The highest BCUT2D eigenvalue weighted by Crippen LogP contribution is 2.27. The SMILES string of the molecule is CC(Cl)c1ccccc1NCc1nnn(C)n1. The Morgan fingerprint density at radius 1 is 1.41 bits per heavy atom. The number of hydrogen-bond acceptors (Lipinski definition) is 4. The molecule has 0 bridgehead atoms. The fourth-order valence-corrected chi connectivity index (χ4v) is 1.76. The van der Waals surface area contributed by atoms with E-state index in [4.69, 9.17) is 11.6 Å². The maximum Gasteiger partial charge on any atom is 0.193 e. The van der Waals surface area contributed by atoms with Crippen molar-refractivity contribution in [3.63, 3.8) is 0 Å². The van der Waals surface area contributed by atoms with Crippen LogP contribution in [0.3, 0.4) is 0 Å². The van der Waals surface area contributed by atoms with E-state index in [-0.39, 0.29) is 5.38 Å². The molecule has 17 heavy (non-hydrogen) atoms. The topological polar surface area (TPSA) is 55.6 Å². The van der Waals surface area contributed by atoms with E-state index in [2.05, 4.69) is 20.7 Å². The van der Waals surface area contributed by atoms with E-state index in [1.165, 1.54) is 4.80 Å². The molecule has 2 rings (SSSR count). The molecule has 0 radical (unpaired) electrons. The second kappa shape index (κ2) is 5.14. The van der Waals surface area contributed by atoms with Gasteiger partial charge in [-0.2, -0.15) is 4.80 Å². The number of hydrogen-bond donors (Lipinski definition) is 1. The zero-order valence-corrected chi connectivity index (χ0v) is 10.5. The largest absolute Gasteiger partial charge is 0.377 e. The van der Waals surface area contributed by atoms with Crippen LogP contribution < -0.4 is 5.32 Å². The number of alkyl halides is 1. The van der Waals surface area contributed by atoms with Gasteiger partial charge in [0.05, 0.1) is 19.0 Å². The van der Waals surface area contributed by atoms with Crippen molar-refractivity contribution < 1.29 is 0 Å². The van der Waals surface area contributed by atoms with Crippen LogP contribution in [0, 0.1) is 0 Å². The van der Waals surface area contributed by atoms with Crippen molar-refractivity contribution >= 4 is 17.3 Å². The summed E-state index contributed by atoms with van der Waals surface area (Å²) in [5.74, 6) is 0.657. The normalized spacial score (nSPS) is 12.4. The standard InChI is InChI=1S/C11H14ClN5/c1-8(12)9-5-3-4-6-10(9)13-7-11-14-16-17(2)15-11/h3-6,8,13H,7H2,1-2H3. The molecule has 0 amide bonds. The number of halogens is 1. The molecule has 5 nitrogen and oxygen atoms in total. The lowest BCUT2D eigenvalue weighted by atomic mass is 10.1. The molecule has 1 unspecified atom stereocenters. The van der Waals surface area contributed by atoms with E-state index in [9.17, 15) is 0 Å². The Morgan fingerprint density at radius 3 is 2.82 bits per heavy atom. The number of aromatic nitrogens is 4. The minimum absolute atomic E-state index is 0.0338. The third kappa shape index (κ3) is 2.94. The predicted octanol–water partition coefficient (Wildman–Crippen LogP) is 2.12. The molecule has 2 aromatic rings. The molecule has 1 atom stereocenters. The van der Waals surface area contributed by atoms with Crippen molar-refractivity contribution in [1.29, 1.82) is 0 Å². The first-order chi connectivity index (χ1) is 8.16. The monoisotopic (exact) mass is 251 g/mol. The molecule has 0 aliphatic heterocycles. The van der Waals surface area contributed by atoms with E-state index in [1.807, 2.05) is 31.2 Å². The summed E-state index contributed by atoms with van der Waals surface area (Å²) in [5.41, 5.74) is 2.07. The number of para-hydroxylation sites is 1. The lowest BCUT2D eigenvalue weighted by molar-refractivity contribution is 0.628. The van der Waals surface area contributed by atoms with Gasteiger partial charge < -0.3 is 5.32 Å². The number of benzene rings is 1. The predicted molar refractivity (Wildman–Crippen MR) is 66.8 cm³/mol. The maximum absolute atomic E-state index is 6.11. The molecule has 1 aromatic carbocycles. The molecule has 1 aromatic heterocycles. The number of tetrazole rings is 1. The average Bonchev–Trinajstić information content (AvgIpc) is 2.73. The van der Waals surface area contributed by atoms with Crippen LogP contribution in [0.15, 0.2) is 24.3 Å². The Morgan fingerprint density at radius 2 is 2.18 bits per heavy atom. The number of anilines is 1. The molecule has 1 N–H and O–H groups in total. The summed E-state index contributed by atoms with van der Waals surface area (Å²) < 4.78 is 0. The molecule has 0 saturated carbocycles. The minimum Gasteiger partial charge on any atom is -0.377 e. The summed E-state index contributed by atoms with van der Waals surface area (Å²) in [6.45, 7) is 2.48. The Kier molecular flexibility index (Phi) is 3.58. The van der Waals surface area contributed by atoms with Crippen LogP contribution in [0.4, 0.5) is 5.69 Å². The van der Waals surface area contributed by atoms with Crippen LogP contribution >= 0.6 is 11.6 Å². The second-order valence-corrected chi connectivity index (χ2v) is 4.41.